The molecule has 10 heteroatoms. The van der Waals surface area contributed by atoms with E-state index in [0.29, 0.717) is 22.5 Å². The molecular formula is C19H12Cl2F3N5. The average molecular weight is 438 g/mol. The van der Waals surface area contributed by atoms with Crippen molar-refractivity contribution in [3.8, 4) is 6.19 Å². The second kappa shape index (κ2) is 8.55. The van der Waals surface area contributed by atoms with Crippen LogP contribution in [0.15, 0.2) is 54.7 Å². The summed E-state index contributed by atoms with van der Waals surface area (Å²) in [5.74, 6) is -0.680. The Morgan fingerprint density at radius 3 is 2.41 bits per heavy atom. The molecule has 2 aromatic carbocycles. The summed E-state index contributed by atoms with van der Waals surface area (Å²) in [6.45, 7) is -0.0797. The van der Waals surface area contributed by atoms with E-state index in [1.54, 1.807) is 42.6 Å². The molecule has 0 spiro atoms. The van der Waals surface area contributed by atoms with Crippen molar-refractivity contribution < 1.29 is 13.2 Å². The topological polar surface area (TPSA) is 64.8 Å². The van der Waals surface area contributed by atoms with Crippen molar-refractivity contribution in [1.82, 2.24) is 9.97 Å². The summed E-state index contributed by atoms with van der Waals surface area (Å²) >= 11 is 11.8. The molecule has 0 aliphatic heterocycles. The van der Waals surface area contributed by atoms with E-state index in [9.17, 15) is 18.4 Å². The van der Waals surface area contributed by atoms with Crippen molar-refractivity contribution in [2.45, 2.75) is 12.7 Å². The number of alkyl halides is 3. The second-order valence-electron chi connectivity index (χ2n) is 5.85. The molecule has 5 nitrogen and oxygen atoms in total. The van der Waals surface area contributed by atoms with Crippen molar-refractivity contribution >= 4 is 40.7 Å². The van der Waals surface area contributed by atoms with E-state index in [1.807, 2.05) is 0 Å². The van der Waals surface area contributed by atoms with E-state index in [0.717, 1.165) is 4.90 Å². The summed E-state index contributed by atoms with van der Waals surface area (Å²) in [4.78, 5) is 8.52. The van der Waals surface area contributed by atoms with Crippen molar-refractivity contribution in [2.75, 3.05) is 10.2 Å². The van der Waals surface area contributed by atoms with Gasteiger partial charge in [-0.25, -0.2) is 4.98 Å². The maximum Gasteiger partial charge on any atom is 0.421 e. The van der Waals surface area contributed by atoms with Gasteiger partial charge in [0.25, 0.3) is 0 Å². The van der Waals surface area contributed by atoms with Crippen LogP contribution in [0.1, 0.15) is 11.1 Å². The van der Waals surface area contributed by atoms with Gasteiger partial charge in [0.1, 0.15) is 5.56 Å². The first kappa shape index (κ1) is 20.7. The number of hydrogen-bond donors (Lipinski definition) is 1. The van der Waals surface area contributed by atoms with Gasteiger partial charge in [0.15, 0.2) is 12.0 Å². The van der Waals surface area contributed by atoms with Gasteiger partial charge in [-0.2, -0.15) is 23.4 Å². The Labute approximate surface area is 174 Å². The summed E-state index contributed by atoms with van der Waals surface area (Å²) in [5, 5.41) is 12.8. The number of anilines is 3. The molecule has 3 aromatic rings. The van der Waals surface area contributed by atoms with Gasteiger partial charge in [0, 0.05) is 11.9 Å². The maximum atomic E-state index is 13.5. The molecule has 0 saturated heterocycles. The number of rotatable bonds is 5. The van der Waals surface area contributed by atoms with E-state index < -0.39 is 17.6 Å². The summed E-state index contributed by atoms with van der Waals surface area (Å²) in [6.07, 6.45) is -2.33. The van der Waals surface area contributed by atoms with E-state index in [4.69, 9.17) is 23.2 Å². The van der Waals surface area contributed by atoms with E-state index in [-0.39, 0.29) is 17.5 Å². The quantitative estimate of drug-likeness (QED) is 0.389. The number of nitrogens with one attached hydrogen (secondary N) is 1. The zero-order valence-electron chi connectivity index (χ0n) is 14.6. The Bertz CT molecular complexity index is 1050. The van der Waals surface area contributed by atoms with Gasteiger partial charge in [-0.3, -0.25) is 4.90 Å². The van der Waals surface area contributed by atoms with Crippen LogP contribution in [-0.4, -0.2) is 9.97 Å². The van der Waals surface area contributed by atoms with Crippen LogP contribution in [0.4, 0.5) is 30.6 Å². The van der Waals surface area contributed by atoms with Crippen molar-refractivity contribution in [3.63, 3.8) is 0 Å². The van der Waals surface area contributed by atoms with Crippen LogP contribution >= 0.6 is 23.2 Å². The number of halogens is 5. The summed E-state index contributed by atoms with van der Waals surface area (Å²) in [5.41, 5.74) is -0.0360. The van der Waals surface area contributed by atoms with Crippen LogP contribution in [0.25, 0.3) is 0 Å². The first-order valence-corrected chi connectivity index (χ1v) is 8.91. The van der Waals surface area contributed by atoms with Gasteiger partial charge in [-0.1, -0.05) is 53.5 Å². The fraction of sp³-hybridized carbons (Fsp3) is 0.105. The Kier molecular flexibility index (Phi) is 6.11. The maximum absolute atomic E-state index is 13.5. The Morgan fingerprint density at radius 1 is 1.07 bits per heavy atom. The van der Waals surface area contributed by atoms with Gasteiger partial charge >= 0.3 is 6.18 Å². The molecule has 1 N–H and O–H groups in total. The van der Waals surface area contributed by atoms with Gasteiger partial charge in [0.05, 0.1) is 16.6 Å². The van der Waals surface area contributed by atoms with Gasteiger partial charge in [-0.15, -0.1) is 0 Å². The minimum atomic E-state index is -4.73. The van der Waals surface area contributed by atoms with Crippen LogP contribution in [0.3, 0.4) is 0 Å². The monoisotopic (exact) mass is 437 g/mol. The standard InChI is InChI=1S/C19H12Cl2F3N5/c20-15-7-6-13(8-16(15)21)27-18-26-9-14(19(22,23)24)17(28-18)29(11-25)10-12-4-2-1-3-5-12/h1-9H,10H2,(H,26,27,28). The highest BCUT2D eigenvalue weighted by molar-refractivity contribution is 6.42. The molecule has 0 saturated carbocycles. The molecule has 0 aliphatic carbocycles. The van der Waals surface area contributed by atoms with Crippen LogP contribution in [0.2, 0.25) is 10.0 Å². The minimum absolute atomic E-state index is 0.0797. The zero-order valence-corrected chi connectivity index (χ0v) is 16.1. The molecular weight excluding hydrogens is 426 g/mol. The van der Waals surface area contributed by atoms with E-state index in [2.05, 4.69) is 15.3 Å². The molecule has 0 bridgehead atoms. The molecule has 1 heterocycles. The third-order valence-electron chi connectivity index (χ3n) is 3.81. The lowest BCUT2D eigenvalue weighted by Crippen LogP contribution is -2.22. The Balaban J connectivity index is 1.99. The van der Waals surface area contributed by atoms with Crippen molar-refractivity contribution in [1.29, 1.82) is 5.26 Å². The van der Waals surface area contributed by atoms with Crippen LogP contribution < -0.4 is 10.2 Å². The normalized spacial score (nSPS) is 11.0. The highest BCUT2D eigenvalue weighted by Crippen LogP contribution is 2.36. The van der Waals surface area contributed by atoms with Crippen LogP contribution in [0, 0.1) is 11.5 Å². The van der Waals surface area contributed by atoms with Crippen LogP contribution in [-0.2, 0) is 12.7 Å². The molecule has 29 heavy (non-hydrogen) atoms. The minimum Gasteiger partial charge on any atom is -0.324 e. The summed E-state index contributed by atoms with van der Waals surface area (Å²) in [7, 11) is 0. The SMILES string of the molecule is N#CN(Cc1ccccc1)c1nc(Nc2ccc(Cl)c(Cl)c2)ncc1C(F)(F)F. The number of nitriles is 1. The predicted molar refractivity (Wildman–Crippen MR) is 105 cm³/mol. The first-order valence-electron chi connectivity index (χ1n) is 8.15. The number of hydrogen-bond acceptors (Lipinski definition) is 5. The van der Waals surface area contributed by atoms with Gasteiger partial charge < -0.3 is 5.32 Å². The van der Waals surface area contributed by atoms with Gasteiger partial charge in [-0.05, 0) is 23.8 Å². The highest BCUT2D eigenvalue weighted by Gasteiger charge is 2.37. The van der Waals surface area contributed by atoms with Gasteiger partial charge in [0.2, 0.25) is 5.95 Å². The molecule has 0 atom stereocenters. The zero-order chi connectivity index (χ0) is 21.0. The molecule has 148 valence electrons. The van der Waals surface area contributed by atoms with Crippen molar-refractivity contribution in [3.05, 3.63) is 75.9 Å². The lowest BCUT2D eigenvalue weighted by Gasteiger charge is -2.20. The summed E-state index contributed by atoms with van der Waals surface area (Å²) < 4.78 is 40.4. The second-order valence-corrected chi connectivity index (χ2v) is 6.67. The third-order valence-corrected chi connectivity index (χ3v) is 4.55. The number of aromatic nitrogens is 2. The molecule has 0 radical (unpaired) electrons. The number of nitrogens with zero attached hydrogens (tertiary/aromatic N) is 4. The molecule has 0 aliphatic rings. The fourth-order valence-electron chi connectivity index (χ4n) is 2.47. The molecule has 0 fully saturated rings. The Morgan fingerprint density at radius 2 is 1.79 bits per heavy atom. The van der Waals surface area contributed by atoms with E-state index >= 15 is 0 Å². The molecule has 0 unspecified atom stereocenters. The molecule has 0 amide bonds. The molecule has 3 rings (SSSR count). The first-order chi connectivity index (χ1) is 13.8. The lowest BCUT2D eigenvalue weighted by molar-refractivity contribution is -0.137. The van der Waals surface area contributed by atoms with Crippen LogP contribution in [0.5, 0.6) is 0 Å². The van der Waals surface area contributed by atoms with Crippen molar-refractivity contribution in [2.24, 2.45) is 0 Å². The third kappa shape index (κ3) is 5.08. The Hall–Kier alpha value is -3.02. The average Bonchev–Trinajstić information content (AvgIpc) is 2.69. The number of benzene rings is 2. The smallest absolute Gasteiger partial charge is 0.324 e. The highest BCUT2D eigenvalue weighted by atomic mass is 35.5. The fourth-order valence-corrected chi connectivity index (χ4v) is 2.76. The lowest BCUT2D eigenvalue weighted by atomic mass is 10.2. The molecule has 1 aromatic heterocycles. The largest absolute Gasteiger partial charge is 0.421 e. The van der Waals surface area contributed by atoms with E-state index in [1.165, 1.54) is 12.1 Å². The predicted octanol–water partition coefficient (Wildman–Crippen LogP) is 6.03. The summed E-state index contributed by atoms with van der Waals surface area (Å²) in [6, 6.07) is 13.2.